The second-order valence-electron chi connectivity index (χ2n) is 7.23. The predicted molar refractivity (Wildman–Crippen MR) is 96.3 cm³/mol. The molecule has 25 heavy (non-hydrogen) atoms. The molecular weight excluding hydrogens is 314 g/mol. The first-order valence-electron chi connectivity index (χ1n) is 8.74. The smallest absolute Gasteiger partial charge is 0.317 e. The lowest BCUT2D eigenvalue weighted by Crippen LogP contribution is -2.61. The van der Waals surface area contributed by atoms with Crippen molar-refractivity contribution in [3.05, 3.63) is 53.9 Å². The largest absolute Gasteiger partial charge is 0.340 e. The van der Waals surface area contributed by atoms with Crippen LogP contribution in [0.25, 0.3) is 0 Å². The highest BCUT2D eigenvalue weighted by Crippen LogP contribution is 2.40. The molecule has 6 heteroatoms. The summed E-state index contributed by atoms with van der Waals surface area (Å²) in [5.41, 5.74) is 2.40. The van der Waals surface area contributed by atoms with Crippen molar-refractivity contribution < 1.29 is 4.79 Å². The first kappa shape index (κ1) is 15.9. The summed E-state index contributed by atoms with van der Waals surface area (Å²) in [7, 11) is 0. The van der Waals surface area contributed by atoms with Gasteiger partial charge in [-0.1, -0.05) is 30.3 Å². The lowest BCUT2D eigenvalue weighted by molar-refractivity contribution is 0.0490. The minimum atomic E-state index is 0.0273. The van der Waals surface area contributed by atoms with Gasteiger partial charge in [-0.3, -0.25) is 0 Å². The van der Waals surface area contributed by atoms with Crippen molar-refractivity contribution in [3.63, 3.8) is 0 Å². The third kappa shape index (κ3) is 3.29. The highest BCUT2D eigenvalue weighted by atomic mass is 16.2. The summed E-state index contributed by atoms with van der Waals surface area (Å²) in [6.45, 7) is 6.09. The zero-order valence-electron chi connectivity index (χ0n) is 14.5. The Kier molecular flexibility index (Phi) is 4.03. The number of amides is 2. The number of rotatable bonds is 3. The molecule has 6 nitrogen and oxygen atoms in total. The van der Waals surface area contributed by atoms with Gasteiger partial charge in [0.15, 0.2) is 0 Å². The van der Waals surface area contributed by atoms with Crippen LogP contribution in [0.15, 0.2) is 42.7 Å². The lowest BCUT2D eigenvalue weighted by Gasteiger charge is -2.47. The molecule has 0 atom stereocenters. The van der Waals surface area contributed by atoms with Crippen molar-refractivity contribution in [2.75, 3.05) is 31.1 Å². The van der Waals surface area contributed by atoms with Crippen LogP contribution in [0.3, 0.4) is 0 Å². The van der Waals surface area contributed by atoms with Gasteiger partial charge >= 0.3 is 6.03 Å². The number of nitrogens with one attached hydrogen (secondary N) is 1. The zero-order chi connectivity index (χ0) is 17.3. The van der Waals surface area contributed by atoms with E-state index in [1.54, 1.807) is 0 Å². The fourth-order valence-corrected chi connectivity index (χ4v) is 3.71. The second-order valence-corrected chi connectivity index (χ2v) is 7.23. The lowest BCUT2D eigenvalue weighted by atomic mass is 9.79. The molecule has 2 aromatic rings. The van der Waals surface area contributed by atoms with Crippen molar-refractivity contribution in [3.8, 4) is 0 Å². The Morgan fingerprint density at radius 2 is 1.88 bits per heavy atom. The van der Waals surface area contributed by atoms with Gasteiger partial charge in [0.25, 0.3) is 0 Å². The van der Waals surface area contributed by atoms with Crippen LogP contribution in [0.4, 0.5) is 10.7 Å². The van der Waals surface area contributed by atoms with Gasteiger partial charge in [0.05, 0.1) is 0 Å². The molecule has 1 aromatic heterocycles. The molecule has 4 rings (SSSR count). The predicted octanol–water partition coefficient (Wildman–Crippen LogP) is 2.21. The van der Waals surface area contributed by atoms with Gasteiger partial charge in [-0.25, -0.2) is 14.8 Å². The van der Waals surface area contributed by atoms with E-state index in [0.717, 1.165) is 49.7 Å². The summed E-state index contributed by atoms with van der Waals surface area (Å²) in [5.74, 6) is 0.800. The highest BCUT2D eigenvalue weighted by molar-refractivity contribution is 5.75. The molecule has 0 unspecified atom stereocenters. The number of urea groups is 1. The molecule has 1 spiro atoms. The molecule has 2 aliphatic rings. The van der Waals surface area contributed by atoms with E-state index >= 15 is 0 Å². The Labute approximate surface area is 147 Å². The summed E-state index contributed by atoms with van der Waals surface area (Å²) >= 11 is 0. The van der Waals surface area contributed by atoms with E-state index in [0.29, 0.717) is 6.54 Å². The van der Waals surface area contributed by atoms with Gasteiger partial charge in [0, 0.05) is 50.5 Å². The zero-order valence-corrected chi connectivity index (χ0v) is 14.5. The Morgan fingerprint density at radius 3 is 2.60 bits per heavy atom. The number of hydrogen-bond donors (Lipinski definition) is 1. The normalized spacial score (nSPS) is 18.3. The topological polar surface area (TPSA) is 61.4 Å². The van der Waals surface area contributed by atoms with Crippen LogP contribution in [0, 0.1) is 12.3 Å². The molecule has 0 aliphatic carbocycles. The third-order valence-electron chi connectivity index (χ3n) is 5.11. The summed E-state index contributed by atoms with van der Waals surface area (Å²) in [4.78, 5) is 25.3. The van der Waals surface area contributed by atoms with E-state index in [9.17, 15) is 4.79 Å². The Bertz CT molecular complexity index is 740. The number of nitrogens with zero attached hydrogens (tertiary/aromatic N) is 4. The van der Waals surface area contributed by atoms with Crippen LogP contribution in [-0.4, -0.2) is 47.1 Å². The summed E-state index contributed by atoms with van der Waals surface area (Å²) < 4.78 is 0. The Balaban J connectivity index is 1.28. The quantitative estimate of drug-likeness (QED) is 0.933. The standard InChI is InChI=1S/C19H23N5O/c1-15-9-20-17(21-10-15)23-8-7-19(12-23)13-24(14-19)18(25)22-11-16-5-3-2-4-6-16/h2-6,9-10H,7-8,11-14H2,1H3,(H,22,25). The van der Waals surface area contributed by atoms with Crippen LogP contribution in [-0.2, 0) is 6.54 Å². The summed E-state index contributed by atoms with van der Waals surface area (Å²) in [6, 6.07) is 10.0. The fraction of sp³-hybridized carbons (Fsp3) is 0.421. The van der Waals surface area contributed by atoms with E-state index < -0.39 is 0 Å². The number of anilines is 1. The number of aryl methyl sites for hydroxylation is 1. The first-order valence-corrected chi connectivity index (χ1v) is 8.74. The number of carbonyl (C=O) groups is 1. The fourth-order valence-electron chi connectivity index (χ4n) is 3.71. The van der Waals surface area contributed by atoms with Gasteiger partial charge < -0.3 is 15.1 Å². The number of likely N-dealkylation sites (tertiary alicyclic amines) is 1. The van der Waals surface area contributed by atoms with Crippen LogP contribution in [0.2, 0.25) is 0 Å². The molecule has 2 fully saturated rings. The third-order valence-corrected chi connectivity index (χ3v) is 5.11. The monoisotopic (exact) mass is 337 g/mol. The molecular formula is C19H23N5O. The number of aromatic nitrogens is 2. The van der Waals surface area contributed by atoms with Crippen molar-refractivity contribution >= 4 is 12.0 Å². The molecule has 130 valence electrons. The van der Waals surface area contributed by atoms with Crippen LogP contribution in [0.1, 0.15) is 17.5 Å². The summed E-state index contributed by atoms with van der Waals surface area (Å²) in [5, 5.41) is 3.01. The maximum atomic E-state index is 12.3. The number of hydrogen-bond acceptors (Lipinski definition) is 4. The van der Waals surface area contributed by atoms with Crippen LogP contribution in [0.5, 0.6) is 0 Å². The minimum absolute atomic E-state index is 0.0273. The van der Waals surface area contributed by atoms with E-state index in [1.165, 1.54) is 0 Å². The number of carbonyl (C=O) groups excluding carboxylic acids is 1. The molecule has 2 saturated heterocycles. The van der Waals surface area contributed by atoms with Gasteiger partial charge in [-0.05, 0) is 24.5 Å². The van der Waals surface area contributed by atoms with E-state index in [-0.39, 0.29) is 11.4 Å². The molecule has 2 aliphatic heterocycles. The minimum Gasteiger partial charge on any atom is -0.340 e. The molecule has 0 radical (unpaired) electrons. The van der Waals surface area contributed by atoms with Gasteiger partial charge in [0.2, 0.25) is 5.95 Å². The van der Waals surface area contributed by atoms with E-state index in [1.807, 2.05) is 54.5 Å². The molecule has 0 bridgehead atoms. The van der Waals surface area contributed by atoms with Crippen molar-refractivity contribution in [2.45, 2.75) is 19.9 Å². The van der Waals surface area contributed by atoms with Gasteiger partial charge in [0.1, 0.15) is 0 Å². The average molecular weight is 337 g/mol. The van der Waals surface area contributed by atoms with Crippen molar-refractivity contribution in [1.82, 2.24) is 20.2 Å². The Morgan fingerprint density at radius 1 is 1.16 bits per heavy atom. The molecule has 2 amide bonds. The highest BCUT2D eigenvalue weighted by Gasteiger charge is 2.49. The summed E-state index contributed by atoms with van der Waals surface area (Å²) in [6.07, 6.45) is 4.81. The average Bonchev–Trinajstić information content (AvgIpc) is 3.06. The van der Waals surface area contributed by atoms with Gasteiger partial charge in [-0.2, -0.15) is 0 Å². The maximum Gasteiger partial charge on any atom is 0.317 e. The molecule has 1 aromatic carbocycles. The molecule has 0 saturated carbocycles. The first-order chi connectivity index (χ1) is 12.1. The molecule has 1 N–H and O–H groups in total. The Hall–Kier alpha value is -2.63. The molecule has 3 heterocycles. The van der Waals surface area contributed by atoms with E-state index in [2.05, 4.69) is 20.2 Å². The van der Waals surface area contributed by atoms with Crippen molar-refractivity contribution in [1.29, 1.82) is 0 Å². The van der Waals surface area contributed by atoms with Gasteiger partial charge in [-0.15, -0.1) is 0 Å². The number of benzene rings is 1. The maximum absolute atomic E-state index is 12.3. The SMILES string of the molecule is Cc1cnc(N2CCC3(CN(C(=O)NCc4ccccc4)C3)C2)nc1. The van der Waals surface area contributed by atoms with Crippen molar-refractivity contribution in [2.24, 2.45) is 5.41 Å². The van der Waals surface area contributed by atoms with Crippen LogP contribution < -0.4 is 10.2 Å². The van der Waals surface area contributed by atoms with Crippen LogP contribution >= 0.6 is 0 Å². The second kappa shape index (κ2) is 6.35. The van der Waals surface area contributed by atoms with E-state index in [4.69, 9.17) is 0 Å².